The van der Waals surface area contributed by atoms with Gasteiger partial charge in [0.2, 0.25) is 27.7 Å². The highest BCUT2D eigenvalue weighted by Gasteiger charge is 2.47. The number of anilines is 1. The molecule has 1 saturated carbocycles. The zero-order chi connectivity index (χ0) is 22.8. The fraction of sp³-hybridized carbons (Fsp3) is 0.591. The van der Waals surface area contributed by atoms with Crippen LogP contribution in [0.4, 0.5) is 5.69 Å². The van der Waals surface area contributed by atoms with Crippen molar-refractivity contribution in [1.29, 1.82) is 0 Å². The molecule has 1 aliphatic carbocycles. The fourth-order valence-electron chi connectivity index (χ4n) is 4.55. The Hall–Kier alpha value is -2.26. The van der Waals surface area contributed by atoms with Crippen molar-refractivity contribution in [2.24, 2.45) is 11.8 Å². The summed E-state index contributed by atoms with van der Waals surface area (Å²) in [5.41, 5.74) is 0.967. The van der Waals surface area contributed by atoms with Crippen molar-refractivity contribution in [2.45, 2.75) is 57.8 Å². The molecule has 0 unspecified atom stereocenters. The van der Waals surface area contributed by atoms with Crippen molar-refractivity contribution in [3.05, 3.63) is 23.8 Å². The summed E-state index contributed by atoms with van der Waals surface area (Å²) in [6.45, 7) is 6.03. The zero-order valence-corrected chi connectivity index (χ0v) is 19.2. The molecule has 2 aliphatic rings. The number of imide groups is 1. The minimum absolute atomic E-state index is 0.0249. The van der Waals surface area contributed by atoms with Crippen molar-refractivity contribution in [3.8, 4) is 0 Å². The molecule has 31 heavy (non-hydrogen) atoms. The summed E-state index contributed by atoms with van der Waals surface area (Å²) in [7, 11) is -3.66. The average molecular weight is 450 g/mol. The molecule has 0 aromatic heterocycles. The number of rotatable bonds is 8. The molecule has 0 spiro atoms. The summed E-state index contributed by atoms with van der Waals surface area (Å²) in [6, 6.07) is 4.76. The van der Waals surface area contributed by atoms with Crippen molar-refractivity contribution in [1.82, 2.24) is 9.21 Å². The fourth-order valence-corrected chi connectivity index (χ4v) is 6.26. The van der Waals surface area contributed by atoms with Crippen LogP contribution in [0.5, 0.6) is 0 Å². The van der Waals surface area contributed by atoms with E-state index in [1.54, 1.807) is 32.9 Å². The predicted molar refractivity (Wildman–Crippen MR) is 117 cm³/mol. The number of nitrogens with zero attached hydrogens (tertiary/aromatic N) is 2. The number of carbonyl (C=O) groups is 3. The maximum absolute atomic E-state index is 12.9. The molecule has 170 valence electrons. The lowest BCUT2D eigenvalue weighted by molar-refractivity contribution is -0.140. The maximum Gasteiger partial charge on any atom is 0.243 e. The summed E-state index contributed by atoms with van der Waals surface area (Å²) in [5.74, 6) is -1.15. The lowest BCUT2D eigenvalue weighted by atomic mass is 9.81. The third kappa shape index (κ3) is 4.67. The van der Waals surface area contributed by atoms with Crippen LogP contribution in [-0.4, -0.2) is 55.0 Å². The highest BCUT2D eigenvalue weighted by molar-refractivity contribution is 7.89. The van der Waals surface area contributed by atoms with Crippen LogP contribution >= 0.6 is 0 Å². The van der Waals surface area contributed by atoms with Crippen LogP contribution in [0, 0.1) is 18.8 Å². The quantitative estimate of drug-likeness (QED) is 0.614. The second-order valence-corrected chi connectivity index (χ2v) is 10.1. The Balaban J connectivity index is 1.66. The summed E-state index contributed by atoms with van der Waals surface area (Å²) in [4.78, 5) is 38.9. The molecule has 0 bridgehead atoms. The van der Waals surface area contributed by atoms with Gasteiger partial charge >= 0.3 is 0 Å². The Labute approximate surface area is 184 Å². The maximum atomic E-state index is 12.9. The topological polar surface area (TPSA) is 104 Å². The van der Waals surface area contributed by atoms with E-state index in [9.17, 15) is 22.8 Å². The van der Waals surface area contributed by atoms with Crippen molar-refractivity contribution < 1.29 is 22.8 Å². The molecule has 3 amide bonds. The van der Waals surface area contributed by atoms with Gasteiger partial charge in [-0.15, -0.1) is 0 Å². The Kier molecular flexibility index (Phi) is 7.16. The first-order chi connectivity index (χ1) is 14.7. The first kappa shape index (κ1) is 23.4. The summed E-state index contributed by atoms with van der Waals surface area (Å²) in [5, 5.41) is 2.70. The van der Waals surface area contributed by atoms with Gasteiger partial charge < -0.3 is 5.32 Å². The van der Waals surface area contributed by atoms with Crippen LogP contribution in [0.25, 0.3) is 0 Å². The predicted octanol–water partition coefficient (Wildman–Crippen LogP) is 2.53. The number of fused-ring (bicyclic) bond motifs is 1. The summed E-state index contributed by atoms with van der Waals surface area (Å²) < 4.78 is 27.1. The normalized spacial score (nSPS) is 21.5. The van der Waals surface area contributed by atoms with E-state index in [2.05, 4.69) is 5.32 Å². The molecule has 8 nitrogen and oxygen atoms in total. The van der Waals surface area contributed by atoms with E-state index in [0.717, 1.165) is 25.7 Å². The first-order valence-electron chi connectivity index (χ1n) is 11.0. The molecule has 1 N–H and O–H groups in total. The molecule has 1 aromatic rings. The van der Waals surface area contributed by atoms with E-state index < -0.39 is 10.0 Å². The van der Waals surface area contributed by atoms with Crippen molar-refractivity contribution in [3.63, 3.8) is 0 Å². The number of benzene rings is 1. The highest BCUT2D eigenvalue weighted by Crippen LogP contribution is 2.38. The van der Waals surface area contributed by atoms with Crippen molar-refractivity contribution in [2.75, 3.05) is 25.0 Å². The lowest BCUT2D eigenvalue weighted by Crippen LogP contribution is -2.34. The van der Waals surface area contributed by atoms with Gasteiger partial charge in [0.05, 0.1) is 16.7 Å². The van der Waals surface area contributed by atoms with Gasteiger partial charge in [-0.1, -0.05) is 32.8 Å². The van der Waals surface area contributed by atoms with Crippen LogP contribution in [-0.2, 0) is 24.4 Å². The second-order valence-electron chi connectivity index (χ2n) is 8.19. The van der Waals surface area contributed by atoms with E-state index in [4.69, 9.17) is 0 Å². The smallest absolute Gasteiger partial charge is 0.243 e. The van der Waals surface area contributed by atoms with Gasteiger partial charge in [0.15, 0.2) is 0 Å². The van der Waals surface area contributed by atoms with E-state index in [0.29, 0.717) is 24.3 Å². The summed E-state index contributed by atoms with van der Waals surface area (Å²) >= 11 is 0. The molecule has 1 aromatic carbocycles. The Morgan fingerprint density at radius 2 is 1.68 bits per heavy atom. The van der Waals surface area contributed by atoms with Crippen molar-refractivity contribution >= 4 is 33.4 Å². The van der Waals surface area contributed by atoms with Gasteiger partial charge in [0.25, 0.3) is 0 Å². The first-order valence-corrected chi connectivity index (χ1v) is 12.4. The van der Waals surface area contributed by atoms with Crippen LogP contribution in [0.15, 0.2) is 23.1 Å². The third-order valence-corrected chi connectivity index (χ3v) is 8.48. The molecule has 1 saturated heterocycles. The monoisotopic (exact) mass is 449 g/mol. The Morgan fingerprint density at radius 3 is 2.23 bits per heavy atom. The molecule has 1 heterocycles. The van der Waals surface area contributed by atoms with E-state index in [1.165, 1.54) is 15.3 Å². The number of carbonyl (C=O) groups excluding carboxylic acids is 3. The summed E-state index contributed by atoms with van der Waals surface area (Å²) in [6.07, 6.45) is 3.38. The molecule has 0 radical (unpaired) electrons. The molecule has 2 atom stereocenters. The number of hydrogen-bond acceptors (Lipinski definition) is 5. The van der Waals surface area contributed by atoms with Crippen LogP contribution < -0.4 is 5.32 Å². The number of likely N-dealkylation sites (tertiary alicyclic amines) is 1. The minimum atomic E-state index is -3.66. The van der Waals surface area contributed by atoms with Gasteiger partial charge in [-0.25, -0.2) is 8.42 Å². The Morgan fingerprint density at radius 1 is 1.10 bits per heavy atom. The molecular weight excluding hydrogens is 418 g/mol. The zero-order valence-electron chi connectivity index (χ0n) is 18.4. The van der Waals surface area contributed by atoms with Gasteiger partial charge in [0.1, 0.15) is 0 Å². The second kappa shape index (κ2) is 9.48. The molecular formula is C22H31N3O5S. The largest absolute Gasteiger partial charge is 0.326 e. The number of sulfonamides is 1. The SMILES string of the molecule is CCN(CC)S(=O)(=O)c1cc(NC(=O)CCN2C(=O)[C@@H]3CCCC[C@H]3C2=O)ccc1C. The standard InChI is InChI=1S/C22H31N3O5S/c1-4-24(5-2)31(29,30)19-14-16(11-10-15(19)3)23-20(26)12-13-25-21(27)17-8-6-7-9-18(17)22(25)28/h10-11,14,17-18H,4-9,12-13H2,1-3H3,(H,23,26)/t17-,18-/m1/s1. The lowest BCUT2D eigenvalue weighted by Gasteiger charge is -2.20. The number of nitrogens with one attached hydrogen (secondary N) is 1. The van der Waals surface area contributed by atoms with Gasteiger partial charge in [-0.2, -0.15) is 4.31 Å². The Bertz CT molecular complexity index is 947. The number of aryl methyl sites for hydroxylation is 1. The van der Waals surface area contributed by atoms with Gasteiger partial charge in [0, 0.05) is 31.7 Å². The van der Waals surface area contributed by atoms with Crippen LogP contribution in [0.1, 0.15) is 51.5 Å². The third-order valence-electron chi connectivity index (χ3n) is 6.29. The molecule has 3 rings (SSSR count). The van der Waals surface area contributed by atoms with E-state index >= 15 is 0 Å². The van der Waals surface area contributed by atoms with Gasteiger partial charge in [-0.3, -0.25) is 19.3 Å². The number of hydrogen-bond donors (Lipinski definition) is 1. The number of amides is 3. The molecule has 1 aliphatic heterocycles. The minimum Gasteiger partial charge on any atom is -0.326 e. The van der Waals surface area contributed by atoms with Gasteiger partial charge in [-0.05, 0) is 37.5 Å². The van der Waals surface area contributed by atoms with E-state index in [1.807, 2.05) is 0 Å². The van der Waals surface area contributed by atoms with Crippen LogP contribution in [0.2, 0.25) is 0 Å². The highest BCUT2D eigenvalue weighted by atomic mass is 32.2. The van der Waals surface area contributed by atoms with Crippen LogP contribution in [0.3, 0.4) is 0 Å². The molecule has 9 heteroatoms. The average Bonchev–Trinajstić information content (AvgIpc) is 2.99. The molecule has 2 fully saturated rings. The van der Waals surface area contributed by atoms with E-state index in [-0.39, 0.29) is 47.4 Å².